The molecule has 15 heavy (non-hydrogen) atoms. The first kappa shape index (κ1) is 12.5. The molecule has 0 aromatic rings. The van der Waals surface area contributed by atoms with Crippen molar-refractivity contribution in [1.82, 2.24) is 0 Å². The van der Waals surface area contributed by atoms with E-state index in [0.29, 0.717) is 5.78 Å². The first-order chi connectivity index (χ1) is 7.34. The van der Waals surface area contributed by atoms with Crippen molar-refractivity contribution in [3.8, 4) is 0 Å². The highest BCUT2D eigenvalue weighted by Gasteiger charge is 2.13. The van der Waals surface area contributed by atoms with Gasteiger partial charge in [-0.15, -0.1) is 0 Å². The molecular formula is C14H24O. The molecule has 0 unspecified atom stereocenters. The standard InChI is InChI=1S/C14H24O/c1-2-3-4-5-6-7-10-13-11-8-9-12-14(13)15/h10H,2-9,11-12H2,1H3/b13-10+. The van der Waals surface area contributed by atoms with E-state index >= 15 is 0 Å². The molecule has 0 aliphatic heterocycles. The summed E-state index contributed by atoms with van der Waals surface area (Å²) in [6, 6.07) is 0. The Morgan fingerprint density at radius 2 is 1.80 bits per heavy atom. The highest BCUT2D eigenvalue weighted by molar-refractivity contribution is 5.95. The maximum Gasteiger partial charge on any atom is 0.158 e. The summed E-state index contributed by atoms with van der Waals surface area (Å²) in [6.45, 7) is 2.24. The molecular weight excluding hydrogens is 184 g/mol. The highest BCUT2D eigenvalue weighted by Crippen LogP contribution is 2.20. The number of carbonyl (C=O) groups is 1. The molecule has 1 fully saturated rings. The number of allylic oxidation sites excluding steroid dienone is 2. The van der Waals surface area contributed by atoms with E-state index in [-0.39, 0.29) is 0 Å². The second-order valence-corrected chi connectivity index (χ2v) is 4.56. The molecule has 86 valence electrons. The van der Waals surface area contributed by atoms with Gasteiger partial charge in [-0.25, -0.2) is 0 Å². The third-order valence-corrected chi connectivity index (χ3v) is 3.16. The van der Waals surface area contributed by atoms with Crippen LogP contribution in [-0.4, -0.2) is 5.78 Å². The third-order valence-electron chi connectivity index (χ3n) is 3.16. The maximum absolute atomic E-state index is 11.5. The molecule has 0 saturated heterocycles. The van der Waals surface area contributed by atoms with Gasteiger partial charge in [0.25, 0.3) is 0 Å². The van der Waals surface area contributed by atoms with E-state index in [4.69, 9.17) is 0 Å². The Kier molecular flexibility index (Phi) is 6.38. The Morgan fingerprint density at radius 3 is 2.53 bits per heavy atom. The largest absolute Gasteiger partial charge is 0.295 e. The van der Waals surface area contributed by atoms with E-state index in [2.05, 4.69) is 13.0 Å². The van der Waals surface area contributed by atoms with Gasteiger partial charge in [0.15, 0.2) is 5.78 Å². The fourth-order valence-electron chi connectivity index (χ4n) is 2.14. The summed E-state index contributed by atoms with van der Waals surface area (Å²) in [4.78, 5) is 11.5. The minimum Gasteiger partial charge on any atom is -0.295 e. The van der Waals surface area contributed by atoms with Crippen LogP contribution in [-0.2, 0) is 4.79 Å². The van der Waals surface area contributed by atoms with Gasteiger partial charge in [-0.1, -0.05) is 38.7 Å². The lowest BCUT2D eigenvalue weighted by atomic mass is 9.92. The zero-order valence-electron chi connectivity index (χ0n) is 10.1. The van der Waals surface area contributed by atoms with E-state index < -0.39 is 0 Å². The quantitative estimate of drug-likeness (QED) is 0.466. The molecule has 0 heterocycles. The summed E-state index contributed by atoms with van der Waals surface area (Å²) < 4.78 is 0. The van der Waals surface area contributed by atoms with Gasteiger partial charge in [0.05, 0.1) is 0 Å². The number of unbranched alkanes of at least 4 members (excludes halogenated alkanes) is 5. The SMILES string of the molecule is CCCCCCC/C=C1\CCCCC1=O. The lowest BCUT2D eigenvalue weighted by Gasteiger charge is -2.12. The van der Waals surface area contributed by atoms with Crippen molar-refractivity contribution in [2.24, 2.45) is 0 Å². The molecule has 0 radical (unpaired) electrons. The normalized spacial score (nSPS) is 19.8. The molecule has 0 N–H and O–H groups in total. The molecule has 1 rings (SSSR count). The molecule has 0 bridgehead atoms. The maximum atomic E-state index is 11.5. The predicted molar refractivity (Wildman–Crippen MR) is 64.9 cm³/mol. The predicted octanol–water partition coefficient (Wildman–Crippen LogP) is 4.42. The van der Waals surface area contributed by atoms with E-state index in [0.717, 1.165) is 31.3 Å². The summed E-state index contributed by atoms with van der Waals surface area (Å²) >= 11 is 0. The number of hydrogen-bond donors (Lipinski definition) is 0. The molecule has 0 amide bonds. The number of hydrogen-bond acceptors (Lipinski definition) is 1. The van der Waals surface area contributed by atoms with Gasteiger partial charge in [-0.05, 0) is 37.7 Å². The molecule has 0 aromatic heterocycles. The van der Waals surface area contributed by atoms with Gasteiger partial charge in [0.1, 0.15) is 0 Å². The van der Waals surface area contributed by atoms with Crippen LogP contribution in [0.5, 0.6) is 0 Å². The van der Waals surface area contributed by atoms with Crippen LogP contribution in [0.15, 0.2) is 11.6 Å². The zero-order valence-corrected chi connectivity index (χ0v) is 10.1. The van der Waals surface area contributed by atoms with Crippen LogP contribution in [0.3, 0.4) is 0 Å². The van der Waals surface area contributed by atoms with Crippen molar-refractivity contribution >= 4 is 5.78 Å². The zero-order chi connectivity index (χ0) is 10.9. The van der Waals surface area contributed by atoms with Crippen LogP contribution in [0.25, 0.3) is 0 Å². The first-order valence-corrected chi connectivity index (χ1v) is 6.57. The van der Waals surface area contributed by atoms with Crippen molar-refractivity contribution in [2.75, 3.05) is 0 Å². The van der Waals surface area contributed by atoms with Crippen molar-refractivity contribution in [2.45, 2.75) is 71.1 Å². The molecule has 1 aliphatic rings. The van der Waals surface area contributed by atoms with Crippen molar-refractivity contribution in [3.05, 3.63) is 11.6 Å². The van der Waals surface area contributed by atoms with Gasteiger partial charge >= 0.3 is 0 Å². The average molecular weight is 208 g/mol. The number of carbonyl (C=O) groups excluding carboxylic acids is 1. The number of ketones is 1. The average Bonchev–Trinajstić information content (AvgIpc) is 2.25. The third kappa shape index (κ3) is 5.15. The Morgan fingerprint density at radius 1 is 1.07 bits per heavy atom. The Bertz CT molecular complexity index is 215. The molecule has 1 nitrogen and oxygen atoms in total. The first-order valence-electron chi connectivity index (χ1n) is 6.57. The highest BCUT2D eigenvalue weighted by atomic mass is 16.1. The summed E-state index contributed by atoms with van der Waals surface area (Å²) in [5.74, 6) is 0.412. The summed E-state index contributed by atoms with van der Waals surface area (Å²) in [7, 11) is 0. The monoisotopic (exact) mass is 208 g/mol. The van der Waals surface area contributed by atoms with Crippen LogP contribution in [0.1, 0.15) is 71.1 Å². The molecule has 0 spiro atoms. The van der Waals surface area contributed by atoms with Crippen LogP contribution in [0.4, 0.5) is 0 Å². The van der Waals surface area contributed by atoms with Crippen molar-refractivity contribution in [1.29, 1.82) is 0 Å². The molecule has 1 saturated carbocycles. The van der Waals surface area contributed by atoms with Gasteiger partial charge in [-0.2, -0.15) is 0 Å². The van der Waals surface area contributed by atoms with Gasteiger partial charge < -0.3 is 0 Å². The Labute approximate surface area is 93.9 Å². The fourth-order valence-corrected chi connectivity index (χ4v) is 2.14. The Balaban J connectivity index is 2.11. The lowest BCUT2D eigenvalue weighted by Crippen LogP contribution is -2.08. The minimum absolute atomic E-state index is 0.412. The molecule has 0 atom stereocenters. The second-order valence-electron chi connectivity index (χ2n) is 4.56. The molecule has 1 heteroatoms. The van der Waals surface area contributed by atoms with Crippen LogP contribution in [0, 0.1) is 0 Å². The topological polar surface area (TPSA) is 17.1 Å². The van der Waals surface area contributed by atoms with E-state index in [9.17, 15) is 4.79 Å². The van der Waals surface area contributed by atoms with Gasteiger partial charge in [-0.3, -0.25) is 4.79 Å². The van der Waals surface area contributed by atoms with E-state index in [1.54, 1.807) is 0 Å². The smallest absolute Gasteiger partial charge is 0.158 e. The lowest BCUT2D eigenvalue weighted by molar-refractivity contribution is -0.116. The number of Topliss-reactive ketones (excluding diaryl/α,β-unsaturated/α-hetero) is 1. The number of rotatable bonds is 6. The Hall–Kier alpha value is -0.590. The summed E-state index contributed by atoms with van der Waals surface area (Å²) in [5, 5.41) is 0. The van der Waals surface area contributed by atoms with Gasteiger partial charge in [0, 0.05) is 6.42 Å². The molecule has 1 aliphatic carbocycles. The minimum atomic E-state index is 0.412. The van der Waals surface area contributed by atoms with Crippen LogP contribution in [0.2, 0.25) is 0 Å². The van der Waals surface area contributed by atoms with Gasteiger partial charge in [0.2, 0.25) is 0 Å². The summed E-state index contributed by atoms with van der Waals surface area (Å²) in [5.41, 5.74) is 1.12. The van der Waals surface area contributed by atoms with E-state index in [1.165, 1.54) is 38.5 Å². The van der Waals surface area contributed by atoms with Crippen molar-refractivity contribution in [3.63, 3.8) is 0 Å². The summed E-state index contributed by atoms with van der Waals surface area (Å²) in [6.07, 6.45) is 14.1. The van der Waals surface area contributed by atoms with Crippen LogP contribution >= 0.6 is 0 Å². The van der Waals surface area contributed by atoms with Crippen molar-refractivity contribution < 1.29 is 4.79 Å². The van der Waals surface area contributed by atoms with E-state index in [1.807, 2.05) is 0 Å². The second kappa shape index (κ2) is 7.67. The van der Waals surface area contributed by atoms with Crippen LogP contribution < -0.4 is 0 Å². The molecule has 0 aromatic carbocycles. The fraction of sp³-hybridized carbons (Fsp3) is 0.786.